The maximum Gasteiger partial charge on any atom is 0.416 e. The number of unbranched alkanes of at least 4 members (excludes halogenated alkanes) is 9. The van der Waals surface area contributed by atoms with Crippen molar-refractivity contribution in [2.75, 3.05) is 0 Å². The smallest absolute Gasteiger partial charge is 0.282 e. The van der Waals surface area contributed by atoms with Crippen LogP contribution >= 0.6 is 0 Å². The molecule has 0 saturated carbocycles. The van der Waals surface area contributed by atoms with Gasteiger partial charge in [-0.1, -0.05) is 70.8 Å². The summed E-state index contributed by atoms with van der Waals surface area (Å²) >= 11 is 0. The molecule has 0 spiro atoms. The van der Waals surface area contributed by atoms with E-state index >= 15 is 0 Å². The highest BCUT2D eigenvalue weighted by Crippen LogP contribution is 2.34. The van der Waals surface area contributed by atoms with E-state index < -0.39 is 26.8 Å². The van der Waals surface area contributed by atoms with Gasteiger partial charge in [0.15, 0.2) is 0 Å². The zero-order chi connectivity index (χ0) is 19.6. The van der Waals surface area contributed by atoms with Crippen LogP contribution in [0.3, 0.4) is 0 Å². The lowest BCUT2D eigenvalue weighted by Gasteiger charge is -2.14. The Morgan fingerprint density at radius 3 is 1.85 bits per heavy atom. The first-order chi connectivity index (χ1) is 12.2. The Bertz CT molecular complexity index is 640. The fraction of sp³-hybridized carbons (Fsp3) is 0.684. The van der Waals surface area contributed by atoms with Crippen molar-refractivity contribution in [3.8, 4) is 0 Å². The lowest BCUT2D eigenvalue weighted by atomic mass is 9.99. The Hall–Kier alpha value is -1.08. The van der Waals surface area contributed by atoms with E-state index in [1.165, 1.54) is 38.5 Å². The number of alkyl halides is 3. The van der Waals surface area contributed by atoms with Crippen LogP contribution in [-0.2, 0) is 22.7 Å². The number of halogens is 3. The summed E-state index contributed by atoms with van der Waals surface area (Å²) in [5.41, 5.74) is -0.909. The molecule has 1 N–H and O–H groups in total. The molecule has 3 nitrogen and oxygen atoms in total. The van der Waals surface area contributed by atoms with Gasteiger partial charge >= 0.3 is 6.18 Å². The maximum absolute atomic E-state index is 13.1. The summed E-state index contributed by atoms with van der Waals surface area (Å²) in [7, 11) is -4.65. The Labute approximate surface area is 154 Å². The molecule has 150 valence electrons. The summed E-state index contributed by atoms with van der Waals surface area (Å²) in [6, 6.07) is 2.69. The molecule has 0 fully saturated rings. The van der Waals surface area contributed by atoms with E-state index in [1.807, 2.05) is 0 Å². The molecule has 7 heteroatoms. The monoisotopic (exact) mass is 394 g/mol. The molecular weight excluding hydrogens is 365 g/mol. The van der Waals surface area contributed by atoms with Crippen LogP contribution in [0.25, 0.3) is 0 Å². The second-order valence-corrected chi connectivity index (χ2v) is 8.15. The van der Waals surface area contributed by atoms with Crippen LogP contribution in [0.1, 0.15) is 82.3 Å². The fourth-order valence-electron chi connectivity index (χ4n) is 3.00. The van der Waals surface area contributed by atoms with Crippen LogP contribution in [0.4, 0.5) is 13.2 Å². The van der Waals surface area contributed by atoms with Crippen molar-refractivity contribution >= 4 is 10.1 Å². The molecule has 0 aliphatic carbocycles. The number of aryl methyl sites for hydroxylation is 1. The van der Waals surface area contributed by atoms with Crippen molar-refractivity contribution in [2.45, 2.75) is 88.6 Å². The van der Waals surface area contributed by atoms with Crippen LogP contribution < -0.4 is 0 Å². The second kappa shape index (κ2) is 10.9. The van der Waals surface area contributed by atoms with Gasteiger partial charge in [-0.25, -0.2) is 0 Å². The van der Waals surface area contributed by atoms with Crippen LogP contribution in [0, 0.1) is 0 Å². The Balaban J connectivity index is 2.45. The minimum Gasteiger partial charge on any atom is -0.282 e. The zero-order valence-electron chi connectivity index (χ0n) is 15.3. The third kappa shape index (κ3) is 8.54. The van der Waals surface area contributed by atoms with E-state index in [0.717, 1.165) is 31.4 Å². The topological polar surface area (TPSA) is 54.4 Å². The van der Waals surface area contributed by atoms with Crippen LogP contribution in [-0.4, -0.2) is 13.0 Å². The highest BCUT2D eigenvalue weighted by molar-refractivity contribution is 7.85. The fourth-order valence-corrected chi connectivity index (χ4v) is 3.51. The molecule has 1 rings (SSSR count). The average Bonchev–Trinajstić information content (AvgIpc) is 2.54. The summed E-state index contributed by atoms with van der Waals surface area (Å²) in [6.45, 7) is 2.18. The van der Waals surface area contributed by atoms with Crippen LogP contribution in [0.2, 0.25) is 0 Å². The van der Waals surface area contributed by atoms with Crippen molar-refractivity contribution < 1.29 is 26.1 Å². The predicted octanol–water partition coefficient (Wildman–Crippen LogP) is 6.42. The van der Waals surface area contributed by atoms with Crippen molar-refractivity contribution in [3.05, 3.63) is 29.3 Å². The third-order valence-electron chi connectivity index (χ3n) is 4.48. The van der Waals surface area contributed by atoms with Crippen molar-refractivity contribution in [2.24, 2.45) is 0 Å². The van der Waals surface area contributed by atoms with Gasteiger partial charge in [-0.2, -0.15) is 21.6 Å². The molecular formula is C19H29F3O3S. The molecule has 0 amide bonds. The molecule has 0 aliphatic rings. The molecule has 0 unspecified atom stereocenters. The lowest BCUT2D eigenvalue weighted by molar-refractivity contribution is -0.138. The van der Waals surface area contributed by atoms with Crippen LogP contribution in [0.15, 0.2) is 23.1 Å². The minimum absolute atomic E-state index is 0.0736. The zero-order valence-corrected chi connectivity index (χ0v) is 16.1. The summed E-state index contributed by atoms with van der Waals surface area (Å²) < 4.78 is 70.5. The van der Waals surface area contributed by atoms with Crippen molar-refractivity contribution in [1.29, 1.82) is 0 Å². The first kappa shape index (κ1) is 23.0. The van der Waals surface area contributed by atoms with E-state index in [0.29, 0.717) is 12.5 Å². The van der Waals surface area contributed by atoms with Gasteiger partial charge in [0.1, 0.15) is 0 Å². The van der Waals surface area contributed by atoms with Gasteiger partial charge in [-0.3, -0.25) is 4.55 Å². The summed E-state index contributed by atoms with van der Waals surface area (Å²) in [5, 5.41) is 0. The van der Waals surface area contributed by atoms with Crippen molar-refractivity contribution in [1.82, 2.24) is 0 Å². The third-order valence-corrected chi connectivity index (χ3v) is 5.33. The van der Waals surface area contributed by atoms with Gasteiger partial charge in [0.05, 0.1) is 10.5 Å². The maximum atomic E-state index is 13.1. The molecule has 0 atom stereocenters. The molecule has 0 aromatic heterocycles. The van der Waals surface area contributed by atoms with E-state index in [-0.39, 0.29) is 12.0 Å². The standard InChI is InChI=1S/C19H29F3O3S/c1-2-3-4-5-6-7-8-9-10-11-12-16-13-14-17(26(23,24)25)15-18(16)19(20,21)22/h13-15H,2-12H2,1H3,(H,23,24,25). The Morgan fingerprint density at radius 2 is 1.38 bits per heavy atom. The van der Waals surface area contributed by atoms with Gasteiger partial charge in [0.25, 0.3) is 10.1 Å². The minimum atomic E-state index is -4.65. The molecule has 1 aromatic carbocycles. The highest BCUT2D eigenvalue weighted by atomic mass is 32.2. The van der Waals surface area contributed by atoms with Gasteiger partial charge in [-0.15, -0.1) is 0 Å². The van der Waals surface area contributed by atoms with E-state index in [1.54, 1.807) is 0 Å². The molecule has 0 aliphatic heterocycles. The number of hydrogen-bond donors (Lipinski definition) is 1. The average molecular weight is 394 g/mol. The first-order valence-electron chi connectivity index (χ1n) is 9.34. The SMILES string of the molecule is CCCCCCCCCCCCc1ccc(S(=O)(=O)O)cc1C(F)(F)F. The molecule has 1 aromatic rings. The highest BCUT2D eigenvalue weighted by Gasteiger charge is 2.34. The summed E-state index contributed by atoms with van der Waals surface area (Å²) in [6.07, 6.45) is 6.60. The Kier molecular flexibility index (Phi) is 9.64. The summed E-state index contributed by atoms with van der Waals surface area (Å²) in [4.78, 5) is -0.725. The van der Waals surface area contributed by atoms with Gasteiger partial charge in [0, 0.05) is 0 Å². The summed E-state index contributed by atoms with van der Waals surface area (Å²) in [5.74, 6) is 0. The van der Waals surface area contributed by atoms with Gasteiger partial charge < -0.3 is 0 Å². The molecule has 26 heavy (non-hydrogen) atoms. The largest absolute Gasteiger partial charge is 0.416 e. The van der Waals surface area contributed by atoms with E-state index in [4.69, 9.17) is 4.55 Å². The quantitative estimate of drug-likeness (QED) is 0.329. The molecule has 0 heterocycles. The number of rotatable bonds is 12. The number of hydrogen-bond acceptors (Lipinski definition) is 2. The Morgan fingerprint density at radius 1 is 0.885 bits per heavy atom. The predicted molar refractivity (Wildman–Crippen MR) is 96.8 cm³/mol. The van der Waals surface area contributed by atoms with Crippen LogP contribution in [0.5, 0.6) is 0 Å². The second-order valence-electron chi connectivity index (χ2n) is 6.72. The van der Waals surface area contributed by atoms with Gasteiger partial charge in [0.2, 0.25) is 0 Å². The number of benzene rings is 1. The molecule has 0 saturated heterocycles. The van der Waals surface area contributed by atoms with E-state index in [2.05, 4.69) is 6.92 Å². The molecule has 0 radical (unpaired) electrons. The lowest BCUT2D eigenvalue weighted by Crippen LogP contribution is -2.11. The normalized spacial score (nSPS) is 12.5. The van der Waals surface area contributed by atoms with Crippen molar-refractivity contribution in [3.63, 3.8) is 0 Å². The van der Waals surface area contributed by atoms with Gasteiger partial charge in [-0.05, 0) is 30.5 Å². The molecule has 0 bridgehead atoms. The first-order valence-corrected chi connectivity index (χ1v) is 10.8. The van der Waals surface area contributed by atoms with E-state index in [9.17, 15) is 21.6 Å².